The van der Waals surface area contributed by atoms with Gasteiger partial charge in [-0.25, -0.2) is 15.0 Å². The third kappa shape index (κ3) is 4.33. The van der Waals surface area contributed by atoms with Gasteiger partial charge in [-0.05, 0) is 41.1 Å². The summed E-state index contributed by atoms with van der Waals surface area (Å²) in [6.07, 6.45) is 0. The quantitative estimate of drug-likeness (QED) is 0.188. The molecule has 3 aromatic heterocycles. The molecular formula is C47H28N4O. The Kier molecular flexibility index (Phi) is 6.18. The minimum absolute atomic E-state index is 0.616. The van der Waals surface area contributed by atoms with Gasteiger partial charge in [-0.3, -0.25) is 0 Å². The minimum Gasteiger partial charge on any atom is -0.455 e. The Balaban J connectivity index is 1.20. The first kappa shape index (κ1) is 28.7. The summed E-state index contributed by atoms with van der Waals surface area (Å²) in [7, 11) is 0. The molecule has 0 aliphatic rings. The molecule has 0 atom stereocenters. The summed E-state index contributed by atoms with van der Waals surface area (Å²) >= 11 is 0. The largest absolute Gasteiger partial charge is 0.455 e. The molecular weight excluding hydrogens is 637 g/mol. The molecule has 0 bridgehead atoms. The highest BCUT2D eigenvalue weighted by Gasteiger charge is 2.20. The third-order valence-electron chi connectivity index (χ3n) is 10.2. The Morgan fingerprint density at radius 1 is 0.404 bits per heavy atom. The number of nitrogens with zero attached hydrogens (tertiary/aromatic N) is 4. The first-order valence-corrected chi connectivity index (χ1v) is 17.5. The smallest absolute Gasteiger partial charge is 0.164 e. The van der Waals surface area contributed by atoms with E-state index in [1.54, 1.807) is 0 Å². The summed E-state index contributed by atoms with van der Waals surface area (Å²) in [4.78, 5) is 15.2. The zero-order valence-corrected chi connectivity index (χ0v) is 27.9. The molecule has 242 valence electrons. The van der Waals surface area contributed by atoms with Crippen molar-refractivity contribution < 1.29 is 4.42 Å². The van der Waals surface area contributed by atoms with Gasteiger partial charge in [0.2, 0.25) is 0 Å². The molecule has 11 aromatic rings. The third-order valence-corrected chi connectivity index (χ3v) is 10.2. The zero-order valence-electron chi connectivity index (χ0n) is 27.9. The van der Waals surface area contributed by atoms with Crippen molar-refractivity contribution in [2.24, 2.45) is 0 Å². The monoisotopic (exact) mass is 664 g/mol. The van der Waals surface area contributed by atoms with E-state index < -0.39 is 0 Å². The van der Waals surface area contributed by atoms with E-state index in [0.29, 0.717) is 17.5 Å². The lowest BCUT2D eigenvalue weighted by atomic mass is 9.99. The molecule has 5 nitrogen and oxygen atoms in total. The maximum atomic E-state index is 6.70. The van der Waals surface area contributed by atoms with E-state index in [0.717, 1.165) is 55.1 Å². The lowest BCUT2D eigenvalue weighted by molar-refractivity contribution is 0.672. The number of aromatic nitrogens is 4. The summed E-state index contributed by atoms with van der Waals surface area (Å²) in [6, 6.07) is 59.1. The average molecular weight is 665 g/mol. The lowest BCUT2D eigenvalue weighted by Crippen LogP contribution is -2.00. The maximum Gasteiger partial charge on any atom is 0.164 e. The molecule has 0 N–H and O–H groups in total. The topological polar surface area (TPSA) is 56.7 Å². The van der Waals surface area contributed by atoms with Gasteiger partial charge >= 0.3 is 0 Å². The van der Waals surface area contributed by atoms with Gasteiger partial charge in [-0.1, -0.05) is 140 Å². The summed E-state index contributed by atoms with van der Waals surface area (Å²) in [5.74, 6) is 1.88. The van der Waals surface area contributed by atoms with E-state index in [4.69, 9.17) is 19.4 Å². The molecule has 3 heterocycles. The predicted molar refractivity (Wildman–Crippen MR) is 213 cm³/mol. The molecule has 0 amide bonds. The van der Waals surface area contributed by atoms with Crippen LogP contribution in [-0.4, -0.2) is 19.5 Å². The highest BCUT2D eigenvalue weighted by molar-refractivity contribution is 6.21. The normalized spacial score (nSPS) is 11.8. The van der Waals surface area contributed by atoms with Gasteiger partial charge in [-0.2, -0.15) is 0 Å². The second kappa shape index (κ2) is 11.2. The SMILES string of the molecule is c1ccc(-c2nc(-c3ccccc3)nc(-c3cc4c5cc(-n6c7ccccc7c7ccc8ccccc8c76)ccc5oc4c4ccccc34)n2)cc1. The summed E-state index contributed by atoms with van der Waals surface area (Å²) in [5.41, 5.74) is 7.92. The Labute approximate surface area is 298 Å². The van der Waals surface area contributed by atoms with Crippen molar-refractivity contribution in [1.29, 1.82) is 0 Å². The van der Waals surface area contributed by atoms with Gasteiger partial charge in [0.15, 0.2) is 17.5 Å². The molecule has 52 heavy (non-hydrogen) atoms. The van der Waals surface area contributed by atoms with E-state index >= 15 is 0 Å². The van der Waals surface area contributed by atoms with Crippen LogP contribution in [0.1, 0.15) is 0 Å². The number of para-hydroxylation sites is 1. The zero-order chi connectivity index (χ0) is 34.2. The van der Waals surface area contributed by atoms with Gasteiger partial charge in [0, 0.05) is 54.7 Å². The Morgan fingerprint density at radius 2 is 1.02 bits per heavy atom. The fourth-order valence-electron chi connectivity index (χ4n) is 7.84. The van der Waals surface area contributed by atoms with E-state index in [1.807, 2.05) is 60.7 Å². The number of fused-ring (bicyclic) bond motifs is 10. The lowest BCUT2D eigenvalue weighted by Gasteiger charge is -2.11. The van der Waals surface area contributed by atoms with Crippen LogP contribution in [0.25, 0.3) is 105 Å². The summed E-state index contributed by atoms with van der Waals surface area (Å²) in [5, 5.41) is 8.98. The molecule has 0 spiro atoms. The van der Waals surface area contributed by atoms with Gasteiger partial charge in [-0.15, -0.1) is 0 Å². The molecule has 8 aromatic carbocycles. The van der Waals surface area contributed by atoms with Gasteiger partial charge in [0.25, 0.3) is 0 Å². The molecule has 0 saturated heterocycles. The van der Waals surface area contributed by atoms with Crippen LogP contribution in [0.15, 0.2) is 174 Å². The Hall–Kier alpha value is -7.11. The molecule has 5 heteroatoms. The van der Waals surface area contributed by atoms with Crippen molar-refractivity contribution in [3.8, 4) is 39.9 Å². The first-order chi connectivity index (χ1) is 25.8. The minimum atomic E-state index is 0.616. The van der Waals surface area contributed by atoms with Crippen molar-refractivity contribution >= 4 is 65.3 Å². The second-order valence-corrected chi connectivity index (χ2v) is 13.2. The molecule has 0 aliphatic heterocycles. The standard InChI is InChI=1S/C47H28N4O/c1-3-14-30(15-4-1)45-48-46(31-16-5-2-6-17-31)50-47(49-45)40-28-39-38-27-32(24-26-42(38)52-44(39)37-21-10-9-19-34(37)40)51-41-22-12-11-20-35(41)36-25-23-29-13-7-8-18-33(29)43(36)51/h1-28H. The molecule has 0 radical (unpaired) electrons. The Bertz CT molecular complexity index is 3120. The van der Waals surface area contributed by atoms with Crippen molar-refractivity contribution in [3.05, 3.63) is 170 Å². The number of furan rings is 1. The molecule has 0 saturated carbocycles. The van der Waals surface area contributed by atoms with Crippen LogP contribution < -0.4 is 0 Å². The van der Waals surface area contributed by atoms with Gasteiger partial charge in [0.1, 0.15) is 11.2 Å². The van der Waals surface area contributed by atoms with Crippen LogP contribution >= 0.6 is 0 Å². The summed E-state index contributed by atoms with van der Waals surface area (Å²) < 4.78 is 9.10. The maximum absolute atomic E-state index is 6.70. The number of hydrogen-bond acceptors (Lipinski definition) is 4. The van der Waals surface area contributed by atoms with E-state index in [-0.39, 0.29) is 0 Å². The summed E-state index contributed by atoms with van der Waals surface area (Å²) in [6.45, 7) is 0. The van der Waals surface area contributed by atoms with Crippen LogP contribution in [0.2, 0.25) is 0 Å². The van der Waals surface area contributed by atoms with Gasteiger partial charge in [0.05, 0.1) is 11.0 Å². The van der Waals surface area contributed by atoms with E-state index in [9.17, 15) is 0 Å². The Morgan fingerprint density at radius 3 is 1.77 bits per heavy atom. The van der Waals surface area contributed by atoms with Crippen molar-refractivity contribution in [3.63, 3.8) is 0 Å². The highest BCUT2D eigenvalue weighted by atomic mass is 16.3. The van der Waals surface area contributed by atoms with E-state index in [1.165, 1.54) is 32.6 Å². The second-order valence-electron chi connectivity index (χ2n) is 13.2. The van der Waals surface area contributed by atoms with Crippen LogP contribution in [0.3, 0.4) is 0 Å². The first-order valence-electron chi connectivity index (χ1n) is 17.5. The van der Waals surface area contributed by atoms with Crippen LogP contribution in [0.5, 0.6) is 0 Å². The number of benzene rings is 8. The molecule has 0 aliphatic carbocycles. The van der Waals surface area contributed by atoms with Crippen molar-refractivity contribution in [2.45, 2.75) is 0 Å². The average Bonchev–Trinajstić information content (AvgIpc) is 3.77. The molecule has 11 rings (SSSR count). The van der Waals surface area contributed by atoms with Gasteiger partial charge < -0.3 is 8.98 Å². The fourth-order valence-corrected chi connectivity index (χ4v) is 7.84. The number of hydrogen-bond donors (Lipinski definition) is 0. The highest BCUT2D eigenvalue weighted by Crippen LogP contribution is 2.42. The van der Waals surface area contributed by atoms with Crippen molar-refractivity contribution in [1.82, 2.24) is 19.5 Å². The van der Waals surface area contributed by atoms with Crippen LogP contribution in [-0.2, 0) is 0 Å². The molecule has 0 fully saturated rings. The number of rotatable bonds is 4. The predicted octanol–water partition coefficient (Wildman–Crippen LogP) is 12.2. The van der Waals surface area contributed by atoms with Crippen LogP contribution in [0, 0.1) is 0 Å². The van der Waals surface area contributed by atoms with Crippen molar-refractivity contribution in [2.75, 3.05) is 0 Å². The van der Waals surface area contributed by atoms with Crippen LogP contribution in [0.4, 0.5) is 0 Å². The van der Waals surface area contributed by atoms with E-state index in [2.05, 4.69) is 114 Å². The fraction of sp³-hybridized carbons (Fsp3) is 0. The molecule has 0 unspecified atom stereocenters.